The molecule has 0 radical (unpaired) electrons. The lowest BCUT2D eigenvalue weighted by atomic mass is 9.95. The number of sulfonamides is 1. The Morgan fingerprint density at radius 1 is 1.09 bits per heavy atom. The molecule has 6 nitrogen and oxygen atoms in total. The topological polar surface area (TPSA) is 58.4 Å². The van der Waals surface area contributed by atoms with Gasteiger partial charge in [0.15, 0.2) is 5.03 Å². The number of aryl methyl sites for hydroxylation is 1. The molecule has 0 aromatic carbocycles. The molecule has 0 spiro atoms. The van der Waals surface area contributed by atoms with Gasteiger partial charge in [-0.1, -0.05) is 6.92 Å². The minimum absolute atomic E-state index is 0.167. The van der Waals surface area contributed by atoms with Gasteiger partial charge in [0.25, 0.3) is 10.0 Å². The minimum Gasteiger partial charge on any atom is -0.339 e. The van der Waals surface area contributed by atoms with Crippen LogP contribution in [-0.4, -0.2) is 59.4 Å². The summed E-state index contributed by atoms with van der Waals surface area (Å²) in [5.41, 5.74) is 0. The summed E-state index contributed by atoms with van der Waals surface area (Å²) in [6.45, 7) is 5.86. The second kappa shape index (κ2) is 6.29. The highest BCUT2D eigenvalue weighted by Crippen LogP contribution is 2.25. The maximum absolute atomic E-state index is 12.6. The quantitative estimate of drug-likeness (QED) is 0.840. The molecular weight excluding hydrogens is 300 g/mol. The zero-order chi connectivity index (χ0) is 15.7. The van der Waals surface area contributed by atoms with Crippen molar-refractivity contribution in [1.29, 1.82) is 0 Å². The Morgan fingerprint density at radius 3 is 2.27 bits per heavy atom. The largest absolute Gasteiger partial charge is 0.339 e. The van der Waals surface area contributed by atoms with Crippen LogP contribution >= 0.6 is 0 Å². The number of hydrogen-bond acceptors (Lipinski definition) is 4. The standard InChI is InChI=1S/C15H26N4O2S/c1-13-3-7-18(8-4-13)14-5-9-19(10-6-14)22(20,21)15-11-17(2)12-16-15/h11-14H,3-10H2,1-2H3. The van der Waals surface area contributed by atoms with Crippen LogP contribution in [0.5, 0.6) is 0 Å². The summed E-state index contributed by atoms with van der Waals surface area (Å²) >= 11 is 0. The summed E-state index contributed by atoms with van der Waals surface area (Å²) < 4.78 is 28.4. The molecule has 1 aromatic heterocycles. The van der Waals surface area contributed by atoms with Gasteiger partial charge in [0.2, 0.25) is 0 Å². The van der Waals surface area contributed by atoms with Gasteiger partial charge in [-0.05, 0) is 44.7 Å². The van der Waals surface area contributed by atoms with E-state index in [0.29, 0.717) is 19.1 Å². The molecule has 1 aromatic rings. The first-order valence-electron chi connectivity index (χ1n) is 8.19. The maximum Gasteiger partial charge on any atom is 0.262 e. The second-order valence-electron chi connectivity index (χ2n) is 6.73. The normalized spacial score (nSPS) is 23.9. The Bertz CT molecular complexity index is 597. The SMILES string of the molecule is CC1CCN(C2CCN(S(=O)(=O)c3cn(C)cn3)CC2)CC1. The monoisotopic (exact) mass is 326 g/mol. The van der Waals surface area contributed by atoms with Gasteiger partial charge >= 0.3 is 0 Å². The minimum atomic E-state index is -3.42. The molecule has 124 valence electrons. The highest BCUT2D eigenvalue weighted by atomic mass is 32.2. The van der Waals surface area contributed by atoms with Gasteiger partial charge in [-0.2, -0.15) is 4.31 Å². The van der Waals surface area contributed by atoms with Crippen molar-refractivity contribution >= 4 is 10.0 Å². The molecule has 0 aliphatic carbocycles. The molecule has 2 saturated heterocycles. The molecule has 22 heavy (non-hydrogen) atoms. The van der Waals surface area contributed by atoms with E-state index in [4.69, 9.17) is 0 Å². The molecule has 0 N–H and O–H groups in total. The van der Waals surface area contributed by atoms with E-state index in [1.807, 2.05) is 0 Å². The maximum atomic E-state index is 12.6. The van der Waals surface area contributed by atoms with E-state index < -0.39 is 10.0 Å². The predicted octanol–water partition coefficient (Wildman–Crippen LogP) is 1.31. The number of hydrogen-bond donors (Lipinski definition) is 0. The Morgan fingerprint density at radius 2 is 1.73 bits per heavy atom. The Hall–Kier alpha value is -0.920. The number of aromatic nitrogens is 2. The predicted molar refractivity (Wildman–Crippen MR) is 85.0 cm³/mol. The van der Waals surface area contributed by atoms with Crippen LogP contribution in [0.2, 0.25) is 0 Å². The smallest absolute Gasteiger partial charge is 0.262 e. The lowest BCUT2D eigenvalue weighted by molar-refractivity contribution is 0.101. The molecule has 2 aliphatic heterocycles. The van der Waals surface area contributed by atoms with Crippen molar-refractivity contribution in [3.8, 4) is 0 Å². The van der Waals surface area contributed by atoms with Crippen molar-refractivity contribution in [3.63, 3.8) is 0 Å². The van der Waals surface area contributed by atoms with Gasteiger partial charge in [-0.25, -0.2) is 13.4 Å². The number of nitrogens with zero attached hydrogens (tertiary/aromatic N) is 4. The summed E-state index contributed by atoms with van der Waals surface area (Å²) in [6.07, 6.45) is 7.52. The van der Waals surface area contributed by atoms with Crippen LogP contribution in [-0.2, 0) is 17.1 Å². The lowest BCUT2D eigenvalue weighted by Gasteiger charge is -2.40. The molecule has 0 bridgehead atoms. The number of rotatable bonds is 3. The van der Waals surface area contributed by atoms with Gasteiger partial charge in [0.05, 0.1) is 6.33 Å². The van der Waals surface area contributed by atoms with Gasteiger partial charge in [-0.3, -0.25) is 0 Å². The second-order valence-corrected chi connectivity index (χ2v) is 8.62. The van der Waals surface area contributed by atoms with Crippen LogP contribution in [0.3, 0.4) is 0 Å². The molecule has 0 unspecified atom stereocenters. The van der Waals surface area contributed by atoms with E-state index in [0.717, 1.165) is 18.8 Å². The average Bonchev–Trinajstić information content (AvgIpc) is 2.96. The van der Waals surface area contributed by atoms with Crippen molar-refractivity contribution in [2.75, 3.05) is 26.2 Å². The lowest BCUT2D eigenvalue weighted by Crippen LogP contribution is -2.48. The third kappa shape index (κ3) is 3.21. The van der Waals surface area contributed by atoms with Crippen LogP contribution in [0.4, 0.5) is 0 Å². The molecule has 2 aliphatic rings. The highest BCUT2D eigenvalue weighted by Gasteiger charge is 2.33. The fourth-order valence-electron chi connectivity index (χ4n) is 3.50. The van der Waals surface area contributed by atoms with E-state index in [9.17, 15) is 8.42 Å². The molecule has 3 rings (SSSR count). The van der Waals surface area contributed by atoms with Crippen molar-refractivity contribution in [3.05, 3.63) is 12.5 Å². The fraction of sp³-hybridized carbons (Fsp3) is 0.800. The van der Waals surface area contributed by atoms with E-state index in [1.165, 1.54) is 32.3 Å². The summed E-state index contributed by atoms with van der Waals surface area (Å²) in [6, 6.07) is 0.544. The Labute approximate surface area is 133 Å². The first-order chi connectivity index (χ1) is 10.5. The Kier molecular flexibility index (Phi) is 4.56. The molecule has 0 atom stereocenters. The summed E-state index contributed by atoms with van der Waals surface area (Å²) in [4.78, 5) is 6.56. The summed E-state index contributed by atoms with van der Waals surface area (Å²) in [5.74, 6) is 0.834. The molecule has 2 fully saturated rings. The average molecular weight is 326 g/mol. The van der Waals surface area contributed by atoms with Gasteiger partial charge in [0.1, 0.15) is 0 Å². The number of imidazole rings is 1. The molecule has 0 saturated carbocycles. The summed E-state index contributed by atoms with van der Waals surface area (Å²) in [5, 5.41) is 0.167. The van der Waals surface area contributed by atoms with Crippen LogP contribution in [0.25, 0.3) is 0 Å². The molecule has 0 amide bonds. The molecular formula is C15H26N4O2S. The molecule has 3 heterocycles. The Balaban J connectivity index is 1.59. The van der Waals surface area contributed by atoms with Gasteiger partial charge in [-0.15, -0.1) is 0 Å². The van der Waals surface area contributed by atoms with Crippen molar-refractivity contribution < 1.29 is 8.42 Å². The first kappa shape index (κ1) is 16.0. The third-order valence-corrected chi connectivity index (χ3v) is 6.83. The van der Waals surface area contributed by atoms with E-state index >= 15 is 0 Å². The zero-order valence-electron chi connectivity index (χ0n) is 13.5. The summed E-state index contributed by atoms with van der Waals surface area (Å²) in [7, 11) is -1.63. The van der Waals surface area contributed by atoms with Crippen LogP contribution in [0.15, 0.2) is 17.6 Å². The number of piperidine rings is 2. The van der Waals surface area contributed by atoms with Gasteiger partial charge < -0.3 is 9.47 Å². The molecule has 7 heteroatoms. The van der Waals surface area contributed by atoms with Crippen LogP contribution in [0.1, 0.15) is 32.6 Å². The zero-order valence-corrected chi connectivity index (χ0v) is 14.3. The van der Waals surface area contributed by atoms with Crippen LogP contribution in [0, 0.1) is 5.92 Å². The van der Waals surface area contributed by atoms with E-state index in [2.05, 4.69) is 16.8 Å². The third-order valence-electron chi connectivity index (χ3n) is 5.04. The fourth-order valence-corrected chi connectivity index (χ4v) is 4.93. The van der Waals surface area contributed by atoms with E-state index in [-0.39, 0.29) is 5.03 Å². The van der Waals surface area contributed by atoms with Crippen LogP contribution < -0.4 is 0 Å². The van der Waals surface area contributed by atoms with Gasteiger partial charge in [0, 0.05) is 32.4 Å². The van der Waals surface area contributed by atoms with Crippen molar-refractivity contribution in [2.24, 2.45) is 13.0 Å². The highest BCUT2D eigenvalue weighted by molar-refractivity contribution is 7.89. The van der Waals surface area contributed by atoms with Crippen molar-refractivity contribution in [2.45, 2.75) is 43.7 Å². The number of likely N-dealkylation sites (tertiary alicyclic amines) is 1. The van der Waals surface area contributed by atoms with Crippen molar-refractivity contribution in [1.82, 2.24) is 18.8 Å². The first-order valence-corrected chi connectivity index (χ1v) is 9.63. The van der Waals surface area contributed by atoms with E-state index in [1.54, 1.807) is 22.1 Å².